The van der Waals surface area contributed by atoms with Crippen molar-refractivity contribution in [3.05, 3.63) is 74.8 Å². The molecule has 0 bridgehead atoms. The van der Waals surface area contributed by atoms with Crippen LogP contribution in [0.5, 0.6) is 0 Å². The molecule has 1 atom stereocenters. The Morgan fingerprint density at radius 1 is 1.18 bits per heavy atom. The Bertz CT molecular complexity index is 961. The van der Waals surface area contributed by atoms with Crippen LogP contribution in [-0.2, 0) is 0 Å². The average Bonchev–Trinajstić information content (AvgIpc) is 3.01. The number of amides is 1. The third-order valence-electron chi connectivity index (χ3n) is 4.13. The van der Waals surface area contributed by atoms with Crippen LogP contribution in [0.25, 0.3) is 0 Å². The number of carbonyl (C=O) groups is 1. The van der Waals surface area contributed by atoms with Crippen molar-refractivity contribution in [1.29, 1.82) is 0 Å². The molecule has 146 valence electrons. The lowest BCUT2D eigenvalue weighted by Crippen LogP contribution is -2.56. The fourth-order valence-electron chi connectivity index (χ4n) is 2.63. The van der Waals surface area contributed by atoms with Crippen molar-refractivity contribution in [3.63, 3.8) is 0 Å². The lowest BCUT2D eigenvalue weighted by molar-refractivity contribution is -0.384. The molecule has 2 aromatic rings. The van der Waals surface area contributed by atoms with Crippen LogP contribution >= 0.6 is 11.6 Å². The molecule has 7 nitrogen and oxygen atoms in total. The van der Waals surface area contributed by atoms with Gasteiger partial charge in [-0.1, -0.05) is 11.6 Å². The maximum Gasteiger partial charge on any atom is 0.438 e. The van der Waals surface area contributed by atoms with Gasteiger partial charge in [-0.15, -0.1) is 0 Å². The second-order valence-corrected chi connectivity index (χ2v) is 6.40. The number of carbonyl (C=O) groups excluding carboxylic acids is 1. The smallest absolute Gasteiger partial charge is 0.362 e. The Kier molecular flexibility index (Phi) is 4.86. The number of alkyl halides is 3. The van der Waals surface area contributed by atoms with Crippen LogP contribution in [-0.4, -0.2) is 38.6 Å². The predicted molar refractivity (Wildman–Crippen MR) is 92.9 cm³/mol. The van der Waals surface area contributed by atoms with E-state index in [1.807, 2.05) is 0 Å². The molecule has 0 spiro atoms. The van der Waals surface area contributed by atoms with E-state index >= 15 is 0 Å². The number of halogens is 4. The number of non-ortho nitro benzene ring substituents is 1. The summed E-state index contributed by atoms with van der Waals surface area (Å²) in [5.41, 5.74) is -4.10. The normalized spacial score (nSPS) is 19.5. The number of nitro groups is 1. The topological polar surface area (TPSA) is 96.0 Å². The highest BCUT2D eigenvalue weighted by atomic mass is 35.5. The first-order chi connectivity index (χ1) is 13.0. The summed E-state index contributed by atoms with van der Waals surface area (Å²) in [6.07, 6.45) is -6.21. The summed E-state index contributed by atoms with van der Waals surface area (Å²) in [7, 11) is 0. The first-order valence-electron chi connectivity index (χ1n) is 7.74. The molecule has 1 heterocycles. The van der Waals surface area contributed by atoms with Crippen molar-refractivity contribution in [3.8, 4) is 0 Å². The molecule has 1 aliphatic heterocycles. The molecule has 0 saturated carbocycles. The first kappa shape index (κ1) is 19.8. The maximum atomic E-state index is 13.6. The van der Waals surface area contributed by atoms with Crippen molar-refractivity contribution >= 4 is 28.9 Å². The van der Waals surface area contributed by atoms with E-state index in [0.717, 1.165) is 12.1 Å². The van der Waals surface area contributed by atoms with Gasteiger partial charge in [-0.05, 0) is 42.0 Å². The van der Waals surface area contributed by atoms with Gasteiger partial charge in [-0.25, -0.2) is 0 Å². The summed E-state index contributed by atoms with van der Waals surface area (Å²) in [6.45, 7) is 0. The highest BCUT2D eigenvalue weighted by molar-refractivity contribution is 6.30. The van der Waals surface area contributed by atoms with Crippen molar-refractivity contribution < 1.29 is 28.0 Å². The molecule has 0 fully saturated rings. The minimum absolute atomic E-state index is 0.0208. The van der Waals surface area contributed by atoms with Crippen LogP contribution in [0.1, 0.15) is 22.3 Å². The van der Waals surface area contributed by atoms with E-state index in [1.165, 1.54) is 36.4 Å². The highest BCUT2D eigenvalue weighted by Gasteiger charge is 2.63. The van der Waals surface area contributed by atoms with Crippen molar-refractivity contribution in [2.45, 2.75) is 18.3 Å². The van der Waals surface area contributed by atoms with Gasteiger partial charge in [-0.2, -0.15) is 23.3 Å². The third-order valence-corrected chi connectivity index (χ3v) is 4.39. The van der Waals surface area contributed by atoms with Gasteiger partial charge in [0.2, 0.25) is 0 Å². The fraction of sp³-hybridized carbons (Fsp3) is 0.176. The molecular weight excluding hydrogens is 403 g/mol. The molecule has 1 N–H and O–H groups in total. The van der Waals surface area contributed by atoms with Crippen LogP contribution in [0.3, 0.4) is 0 Å². The van der Waals surface area contributed by atoms with Crippen LogP contribution in [0.4, 0.5) is 18.9 Å². The third kappa shape index (κ3) is 3.43. The van der Waals surface area contributed by atoms with Gasteiger partial charge in [-0.3, -0.25) is 14.9 Å². The Hall–Kier alpha value is -2.98. The summed E-state index contributed by atoms with van der Waals surface area (Å²) in [5, 5.41) is 24.9. The molecule has 11 heteroatoms. The number of benzene rings is 2. The zero-order valence-electron chi connectivity index (χ0n) is 13.9. The quantitative estimate of drug-likeness (QED) is 0.612. The molecule has 0 aromatic heterocycles. The molecule has 2 aromatic carbocycles. The summed E-state index contributed by atoms with van der Waals surface area (Å²) < 4.78 is 40.7. The summed E-state index contributed by atoms with van der Waals surface area (Å²) in [5.74, 6) is -1.17. The molecule has 0 aliphatic carbocycles. The molecule has 1 unspecified atom stereocenters. The number of nitro benzene ring substituents is 1. The predicted octanol–water partition coefficient (Wildman–Crippen LogP) is 3.75. The minimum Gasteiger partial charge on any atom is -0.362 e. The number of hydrazone groups is 1. The number of aliphatic hydroxyl groups is 1. The average molecular weight is 414 g/mol. The number of nitrogens with zero attached hydrogens (tertiary/aromatic N) is 3. The highest BCUT2D eigenvalue weighted by Crippen LogP contribution is 2.42. The van der Waals surface area contributed by atoms with Gasteiger partial charge in [0.15, 0.2) is 0 Å². The number of rotatable bonds is 3. The fourth-order valence-corrected chi connectivity index (χ4v) is 2.76. The second kappa shape index (κ2) is 6.88. The molecule has 1 amide bonds. The molecule has 3 rings (SSSR count). The van der Waals surface area contributed by atoms with Gasteiger partial charge in [0, 0.05) is 22.7 Å². The number of hydrogen-bond donors (Lipinski definition) is 1. The van der Waals surface area contributed by atoms with E-state index in [9.17, 15) is 33.2 Å². The summed E-state index contributed by atoms with van der Waals surface area (Å²) >= 11 is 5.71. The Morgan fingerprint density at radius 3 is 2.25 bits per heavy atom. The van der Waals surface area contributed by atoms with Gasteiger partial charge < -0.3 is 5.11 Å². The van der Waals surface area contributed by atoms with Crippen LogP contribution < -0.4 is 0 Å². The lowest BCUT2D eigenvalue weighted by Gasteiger charge is -2.32. The summed E-state index contributed by atoms with van der Waals surface area (Å²) in [6, 6.07) is 9.63. The molecule has 0 radical (unpaired) electrons. The summed E-state index contributed by atoms with van der Waals surface area (Å²) in [4.78, 5) is 22.6. The van der Waals surface area contributed by atoms with Crippen LogP contribution in [0.2, 0.25) is 5.02 Å². The van der Waals surface area contributed by atoms with E-state index in [1.54, 1.807) is 0 Å². The van der Waals surface area contributed by atoms with Gasteiger partial charge in [0.25, 0.3) is 17.3 Å². The van der Waals surface area contributed by atoms with Gasteiger partial charge in [0.05, 0.1) is 17.1 Å². The zero-order valence-corrected chi connectivity index (χ0v) is 14.6. The molecule has 0 saturated heterocycles. The SMILES string of the molecule is O=C(c1ccc(Cl)cc1)N1N=C(c2ccc([N+](=O)[O-])cc2)CC1(O)C(F)(F)F. The van der Waals surface area contributed by atoms with Crippen molar-refractivity contribution in [1.82, 2.24) is 5.01 Å². The standard InChI is InChI=1S/C17H11ClF3N3O4/c18-12-5-1-11(2-6-12)15(25)23-16(26,17(19,20)21)9-14(22-23)10-3-7-13(8-4-10)24(27)28/h1-8,26H,9H2. The van der Waals surface area contributed by atoms with Crippen LogP contribution in [0, 0.1) is 10.1 Å². The van der Waals surface area contributed by atoms with E-state index in [2.05, 4.69) is 5.10 Å². The van der Waals surface area contributed by atoms with Gasteiger partial charge in [0.1, 0.15) is 0 Å². The van der Waals surface area contributed by atoms with E-state index in [-0.39, 0.29) is 32.6 Å². The minimum atomic E-state index is -5.19. The first-order valence-corrected chi connectivity index (χ1v) is 8.12. The Balaban J connectivity index is 2.02. The number of hydrogen-bond acceptors (Lipinski definition) is 5. The van der Waals surface area contributed by atoms with E-state index in [4.69, 9.17) is 11.6 Å². The Morgan fingerprint density at radius 2 is 1.75 bits per heavy atom. The lowest BCUT2D eigenvalue weighted by atomic mass is 10.0. The van der Waals surface area contributed by atoms with Gasteiger partial charge >= 0.3 is 6.18 Å². The van der Waals surface area contributed by atoms with Crippen molar-refractivity contribution in [2.24, 2.45) is 5.10 Å². The monoisotopic (exact) mass is 413 g/mol. The van der Waals surface area contributed by atoms with E-state index < -0.39 is 29.2 Å². The van der Waals surface area contributed by atoms with Crippen LogP contribution in [0.15, 0.2) is 53.6 Å². The van der Waals surface area contributed by atoms with Crippen molar-refractivity contribution in [2.75, 3.05) is 0 Å². The Labute approximate surface area is 160 Å². The second-order valence-electron chi connectivity index (χ2n) is 5.97. The molecular formula is C17H11ClF3N3O4. The maximum absolute atomic E-state index is 13.6. The molecule has 1 aliphatic rings. The largest absolute Gasteiger partial charge is 0.438 e. The van der Waals surface area contributed by atoms with E-state index in [0.29, 0.717) is 0 Å². The zero-order chi connectivity index (χ0) is 20.7. The molecule has 28 heavy (non-hydrogen) atoms.